The van der Waals surface area contributed by atoms with Gasteiger partial charge in [-0.05, 0) is 25.1 Å². The summed E-state index contributed by atoms with van der Waals surface area (Å²) < 4.78 is 0. The Morgan fingerprint density at radius 1 is 1.36 bits per heavy atom. The molecule has 5 nitrogen and oxygen atoms in total. The maximum absolute atomic E-state index is 11.9. The first-order valence-corrected chi connectivity index (χ1v) is 8.40. The second kappa shape index (κ2) is 6.33. The predicted molar refractivity (Wildman–Crippen MR) is 90.8 cm³/mol. The highest BCUT2D eigenvalue weighted by Crippen LogP contribution is 2.22. The molecule has 3 aromatic rings. The number of thiophene rings is 1. The van der Waals surface area contributed by atoms with E-state index in [2.05, 4.69) is 15.3 Å². The summed E-state index contributed by atoms with van der Waals surface area (Å²) in [6, 6.07) is 11.1. The molecule has 1 amide bonds. The molecule has 2 aromatic heterocycles. The third kappa shape index (κ3) is 3.37. The Hall–Kier alpha value is -2.12. The van der Waals surface area contributed by atoms with Crippen LogP contribution in [0.1, 0.15) is 4.88 Å². The number of aromatic nitrogens is 2. The lowest BCUT2D eigenvalue weighted by molar-refractivity contribution is -0.113. The van der Waals surface area contributed by atoms with Gasteiger partial charge in [0.05, 0.1) is 11.1 Å². The average Bonchev–Trinajstić information content (AvgIpc) is 2.87. The van der Waals surface area contributed by atoms with E-state index in [1.807, 2.05) is 43.3 Å². The van der Waals surface area contributed by atoms with Crippen molar-refractivity contribution in [2.24, 2.45) is 0 Å². The second-order valence-electron chi connectivity index (χ2n) is 4.65. The van der Waals surface area contributed by atoms with E-state index >= 15 is 0 Å². The molecule has 0 bridgehead atoms. The molecule has 7 heteroatoms. The van der Waals surface area contributed by atoms with Gasteiger partial charge in [0.2, 0.25) is 5.91 Å². The molecule has 0 atom stereocenters. The Bertz CT molecular complexity index is 871. The van der Waals surface area contributed by atoms with E-state index in [-0.39, 0.29) is 17.2 Å². The van der Waals surface area contributed by atoms with Gasteiger partial charge in [0.15, 0.2) is 5.16 Å². The van der Waals surface area contributed by atoms with Crippen molar-refractivity contribution in [3.63, 3.8) is 0 Å². The van der Waals surface area contributed by atoms with Gasteiger partial charge in [0, 0.05) is 10.6 Å². The van der Waals surface area contributed by atoms with Crippen molar-refractivity contribution in [1.82, 2.24) is 9.97 Å². The largest absolute Gasteiger partial charge is 0.325 e. The number of hydrogen-bond acceptors (Lipinski definition) is 5. The third-order valence-electron chi connectivity index (χ3n) is 2.90. The van der Waals surface area contributed by atoms with Crippen molar-refractivity contribution in [1.29, 1.82) is 0 Å². The van der Waals surface area contributed by atoms with Gasteiger partial charge in [-0.25, -0.2) is 4.98 Å². The van der Waals surface area contributed by atoms with Crippen molar-refractivity contribution in [3.8, 4) is 0 Å². The number of rotatable bonds is 4. The van der Waals surface area contributed by atoms with Crippen molar-refractivity contribution in [3.05, 3.63) is 51.6 Å². The van der Waals surface area contributed by atoms with E-state index in [0.29, 0.717) is 15.4 Å². The van der Waals surface area contributed by atoms with Crippen LogP contribution >= 0.6 is 23.1 Å². The molecule has 0 aliphatic carbocycles. The standard InChI is InChI=1S/C15H13N3O2S2/c1-9-7-11-13(20)17-15(18-14(11)22-9)21-8-12(19)16-10-5-3-2-4-6-10/h2-7H,8H2,1H3,(H,16,19)(H,17,18,20). The van der Waals surface area contributed by atoms with Crippen molar-refractivity contribution in [2.75, 3.05) is 11.1 Å². The van der Waals surface area contributed by atoms with Gasteiger partial charge >= 0.3 is 0 Å². The summed E-state index contributed by atoms with van der Waals surface area (Å²) in [6.07, 6.45) is 0. The number of nitrogens with one attached hydrogen (secondary N) is 2. The summed E-state index contributed by atoms with van der Waals surface area (Å²) in [5.74, 6) is 0.0505. The van der Waals surface area contributed by atoms with E-state index in [9.17, 15) is 9.59 Å². The van der Waals surface area contributed by atoms with Crippen molar-refractivity contribution in [2.45, 2.75) is 12.1 Å². The van der Waals surface area contributed by atoms with Gasteiger partial charge in [-0.2, -0.15) is 0 Å². The number of benzene rings is 1. The van der Waals surface area contributed by atoms with Crippen LogP contribution in [0.15, 0.2) is 46.3 Å². The van der Waals surface area contributed by atoms with Crippen LogP contribution in [0.25, 0.3) is 10.2 Å². The number of aryl methyl sites for hydroxylation is 1. The van der Waals surface area contributed by atoms with Crippen LogP contribution in [0.5, 0.6) is 0 Å². The number of thioether (sulfide) groups is 1. The molecule has 0 spiro atoms. The molecule has 0 aliphatic heterocycles. The van der Waals surface area contributed by atoms with Gasteiger partial charge in [0.1, 0.15) is 4.83 Å². The van der Waals surface area contributed by atoms with E-state index in [0.717, 1.165) is 10.6 Å². The SMILES string of the molecule is Cc1cc2c(=O)[nH]c(SCC(=O)Nc3ccccc3)nc2s1. The van der Waals surface area contributed by atoms with E-state index in [4.69, 9.17) is 0 Å². The number of amides is 1. The Kier molecular flexibility index (Phi) is 4.26. The number of H-pyrrole nitrogens is 1. The summed E-state index contributed by atoms with van der Waals surface area (Å²) in [5, 5.41) is 3.85. The molecule has 22 heavy (non-hydrogen) atoms. The number of aromatic amines is 1. The average molecular weight is 331 g/mol. The minimum Gasteiger partial charge on any atom is -0.325 e. The molecule has 0 saturated heterocycles. The molecular weight excluding hydrogens is 318 g/mol. The van der Waals surface area contributed by atoms with Gasteiger partial charge in [-0.3, -0.25) is 9.59 Å². The summed E-state index contributed by atoms with van der Waals surface area (Å²) in [4.78, 5) is 32.7. The highest BCUT2D eigenvalue weighted by atomic mass is 32.2. The first-order chi connectivity index (χ1) is 10.6. The minimum absolute atomic E-state index is 0.138. The fourth-order valence-corrected chi connectivity index (χ4v) is 3.55. The van der Waals surface area contributed by atoms with E-state index < -0.39 is 0 Å². The van der Waals surface area contributed by atoms with Crippen LogP contribution in [0, 0.1) is 6.92 Å². The van der Waals surface area contributed by atoms with Crippen LogP contribution in [-0.2, 0) is 4.79 Å². The third-order valence-corrected chi connectivity index (χ3v) is 4.72. The topological polar surface area (TPSA) is 74.8 Å². The molecule has 112 valence electrons. The summed E-state index contributed by atoms with van der Waals surface area (Å²) in [7, 11) is 0. The van der Waals surface area contributed by atoms with E-state index in [1.54, 1.807) is 0 Å². The maximum Gasteiger partial charge on any atom is 0.260 e. The fraction of sp³-hybridized carbons (Fsp3) is 0.133. The Labute approximate surface area is 134 Å². The fourth-order valence-electron chi connectivity index (χ4n) is 1.95. The zero-order chi connectivity index (χ0) is 15.5. The van der Waals surface area contributed by atoms with Gasteiger partial charge < -0.3 is 10.3 Å². The zero-order valence-corrected chi connectivity index (χ0v) is 13.4. The molecule has 0 aliphatic rings. The number of carbonyl (C=O) groups is 1. The highest BCUT2D eigenvalue weighted by Gasteiger charge is 2.09. The van der Waals surface area contributed by atoms with Gasteiger partial charge in [0.25, 0.3) is 5.56 Å². The normalized spacial score (nSPS) is 10.8. The second-order valence-corrected chi connectivity index (χ2v) is 6.85. The predicted octanol–water partition coefficient (Wildman–Crippen LogP) is 3.02. The molecular formula is C15H13N3O2S2. The van der Waals surface area contributed by atoms with Crippen LogP contribution in [0.4, 0.5) is 5.69 Å². The monoisotopic (exact) mass is 331 g/mol. The lowest BCUT2D eigenvalue weighted by Gasteiger charge is -2.04. The Morgan fingerprint density at radius 2 is 2.14 bits per heavy atom. The zero-order valence-electron chi connectivity index (χ0n) is 11.8. The van der Waals surface area contributed by atoms with Crippen molar-refractivity contribution >= 4 is 44.9 Å². The number of hydrogen-bond donors (Lipinski definition) is 2. The van der Waals surface area contributed by atoms with Crippen molar-refractivity contribution < 1.29 is 4.79 Å². The quantitative estimate of drug-likeness (QED) is 0.569. The number of para-hydroxylation sites is 1. The highest BCUT2D eigenvalue weighted by molar-refractivity contribution is 7.99. The first-order valence-electron chi connectivity index (χ1n) is 6.60. The molecule has 1 aromatic carbocycles. The summed E-state index contributed by atoms with van der Waals surface area (Å²) in [6.45, 7) is 1.94. The summed E-state index contributed by atoms with van der Waals surface area (Å²) >= 11 is 2.69. The molecule has 0 radical (unpaired) electrons. The lowest BCUT2D eigenvalue weighted by Crippen LogP contribution is -2.15. The molecule has 2 heterocycles. The van der Waals surface area contributed by atoms with Crippen LogP contribution in [-0.4, -0.2) is 21.6 Å². The molecule has 0 saturated carbocycles. The van der Waals surface area contributed by atoms with Crippen LogP contribution in [0.3, 0.4) is 0 Å². The minimum atomic E-state index is -0.166. The molecule has 2 N–H and O–H groups in total. The molecule has 3 rings (SSSR count). The number of fused-ring (bicyclic) bond motifs is 1. The van der Waals surface area contributed by atoms with Crippen LogP contribution < -0.4 is 10.9 Å². The number of carbonyl (C=O) groups excluding carboxylic acids is 1. The van der Waals surface area contributed by atoms with Gasteiger partial charge in [-0.15, -0.1) is 11.3 Å². The van der Waals surface area contributed by atoms with Gasteiger partial charge in [-0.1, -0.05) is 30.0 Å². The Balaban J connectivity index is 1.68. The smallest absolute Gasteiger partial charge is 0.260 e. The van der Waals surface area contributed by atoms with E-state index in [1.165, 1.54) is 23.1 Å². The number of nitrogens with zero attached hydrogens (tertiary/aromatic N) is 1. The lowest BCUT2D eigenvalue weighted by atomic mass is 10.3. The maximum atomic E-state index is 11.9. The van der Waals surface area contributed by atoms with Crippen LogP contribution in [0.2, 0.25) is 0 Å². The molecule has 0 unspecified atom stereocenters. The molecule has 0 fully saturated rings. The Morgan fingerprint density at radius 3 is 2.91 bits per heavy atom. The first kappa shape index (κ1) is 14.8. The number of anilines is 1. The summed E-state index contributed by atoms with van der Waals surface area (Å²) in [5.41, 5.74) is 0.583.